The van der Waals surface area contributed by atoms with Crippen LogP contribution in [0.25, 0.3) is 0 Å². The third-order valence-corrected chi connectivity index (χ3v) is 4.84. The van der Waals surface area contributed by atoms with Crippen molar-refractivity contribution in [2.24, 2.45) is 0 Å². The highest BCUT2D eigenvalue weighted by Crippen LogP contribution is 2.29. The summed E-state index contributed by atoms with van der Waals surface area (Å²) in [6.07, 6.45) is 8.11. The van der Waals surface area contributed by atoms with Crippen molar-refractivity contribution in [2.45, 2.75) is 110 Å². The fourth-order valence-electron chi connectivity index (χ4n) is 3.26. The lowest BCUT2D eigenvalue weighted by Gasteiger charge is -2.24. The molecule has 0 aromatic heterocycles. The van der Waals surface area contributed by atoms with E-state index in [9.17, 15) is 4.79 Å². The van der Waals surface area contributed by atoms with Crippen molar-refractivity contribution in [3.05, 3.63) is 0 Å². The Morgan fingerprint density at radius 2 is 1.32 bits per heavy atom. The first-order valence-corrected chi connectivity index (χ1v) is 11.3. The van der Waals surface area contributed by atoms with Gasteiger partial charge in [-0.3, -0.25) is 4.79 Å². The summed E-state index contributed by atoms with van der Waals surface area (Å²) in [5.41, 5.74) is 0. The van der Waals surface area contributed by atoms with Gasteiger partial charge in [-0.15, -0.1) is 0 Å². The summed E-state index contributed by atoms with van der Waals surface area (Å²) in [6, 6.07) is 0. The fourth-order valence-corrected chi connectivity index (χ4v) is 3.26. The standard InChI is InChI=1S/C22H42O6/c1-5-8-11-14-24-17-19-20(25-15-12-9-6-2)21(26-16-13-10-7-3)22(28-19)27-18(4)23/h19-22H,5-17H2,1-4H3/t19-,20-,21-,22?/m1/s1. The summed E-state index contributed by atoms with van der Waals surface area (Å²) in [4.78, 5) is 11.5. The molecular formula is C22H42O6. The molecule has 0 aliphatic carbocycles. The molecule has 0 radical (unpaired) electrons. The number of rotatable bonds is 17. The van der Waals surface area contributed by atoms with E-state index >= 15 is 0 Å². The molecule has 4 atom stereocenters. The van der Waals surface area contributed by atoms with Gasteiger partial charge in [0.05, 0.1) is 6.61 Å². The maximum Gasteiger partial charge on any atom is 0.305 e. The van der Waals surface area contributed by atoms with E-state index in [0.29, 0.717) is 26.4 Å². The molecule has 166 valence electrons. The molecule has 1 aliphatic heterocycles. The summed E-state index contributed by atoms with van der Waals surface area (Å²) in [6.45, 7) is 10.3. The molecule has 1 heterocycles. The predicted octanol–water partition coefficient (Wildman–Crippen LogP) is 4.63. The van der Waals surface area contributed by atoms with Crippen LogP contribution in [-0.4, -0.2) is 57.0 Å². The number of hydrogen-bond donors (Lipinski definition) is 0. The third-order valence-electron chi connectivity index (χ3n) is 4.84. The lowest BCUT2D eigenvalue weighted by atomic mass is 10.1. The van der Waals surface area contributed by atoms with Crippen LogP contribution in [0.5, 0.6) is 0 Å². The van der Waals surface area contributed by atoms with Gasteiger partial charge in [-0.05, 0) is 19.3 Å². The Kier molecular flexibility index (Phi) is 14.6. The quantitative estimate of drug-likeness (QED) is 0.261. The Morgan fingerprint density at radius 1 is 0.786 bits per heavy atom. The molecule has 1 unspecified atom stereocenters. The smallest absolute Gasteiger partial charge is 0.305 e. The number of carbonyl (C=O) groups is 1. The van der Waals surface area contributed by atoms with Crippen molar-refractivity contribution >= 4 is 5.97 Å². The highest BCUT2D eigenvalue weighted by Gasteiger charge is 2.48. The van der Waals surface area contributed by atoms with E-state index in [4.69, 9.17) is 23.7 Å². The maximum absolute atomic E-state index is 11.5. The van der Waals surface area contributed by atoms with Crippen LogP contribution in [0.3, 0.4) is 0 Å². The molecule has 0 N–H and O–H groups in total. The molecule has 1 aliphatic rings. The normalized spacial score (nSPS) is 24.6. The third kappa shape index (κ3) is 10.2. The maximum atomic E-state index is 11.5. The first kappa shape index (κ1) is 25.3. The molecule has 0 bridgehead atoms. The summed E-state index contributed by atoms with van der Waals surface area (Å²) in [5, 5.41) is 0. The van der Waals surface area contributed by atoms with Gasteiger partial charge in [0.2, 0.25) is 6.29 Å². The molecule has 0 aromatic rings. The van der Waals surface area contributed by atoms with E-state index in [1.807, 2.05) is 0 Å². The van der Waals surface area contributed by atoms with Gasteiger partial charge in [0, 0.05) is 26.7 Å². The molecular weight excluding hydrogens is 360 g/mol. The SMILES string of the molecule is CCCCCOC[C@H]1OC(OC(C)=O)[C@H](OCCCCC)[C@@H]1OCCCCC. The van der Waals surface area contributed by atoms with Crippen molar-refractivity contribution in [3.63, 3.8) is 0 Å². The Morgan fingerprint density at radius 3 is 1.86 bits per heavy atom. The summed E-state index contributed by atoms with van der Waals surface area (Å²) in [5.74, 6) is -0.374. The molecule has 0 aromatic carbocycles. The van der Waals surface area contributed by atoms with E-state index in [1.54, 1.807) is 0 Å². The van der Waals surface area contributed by atoms with Crippen molar-refractivity contribution in [1.82, 2.24) is 0 Å². The van der Waals surface area contributed by atoms with Gasteiger partial charge in [-0.25, -0.2) is 0 Å². The van der Waals surface area contributed by atoms with Gasteiger partial charge in [-0.2, -0.15) is 0 Å². The monoisotopic (exact) mass is 402 g/mol. The van der Waals surface area contributed by atoms with Gasteiger partial charge in [0.15, 0.2) is 0 Å². The molecule has 28 heavy (non-hydrogen) atoms. The van der Waals surface area contributed by atoms with Crippen LogP contribution in [0, 0.1) is 0 Å². The molecule has 1 fully saturated rings. The van der Waals surface area contributed by atoms with E-state index in [0.717, 1.165) is 57.8 Å². The topological polar surface area (TPSA) is 63.2 Å². The van der Waals surface area contributed by atoms with Crippen molar-refractivity contribution < 1.29 is 28.5 Å². The minimum atomic E-state index is -0.737. The Bertz CT molecular complexity index is 389. The highest BCUT2D eigenvalue weighted by molar-refractivity contribution is 5.66. The predicted molar refractivity (Wildman–Crippen MR) is 109 cm³/mol. The van der Waals surface area contributed by atoms with Gasteiger partial charge in [-0.1, -0.05) is 59.3 Å². The van der Waals surface area contributed by atoms with Crippen LogP contribution in [0.2, 0.25) is 0 Å². The van der Waals surface area contributed by atoms with Gasteiger partial charge < -0.3 is 23.7 Å². The average Bonchev–Trinajstić information content (AvgIpc) is 2.98. The first-order valence-electron chi connectivity index (χ1n) is 11.3. The number of unbranched alkanes of at least 4 members (excludes halogenated alkanes) is 6. The van der Waals surface area contributed by atoms with Gasteiger partial charge in [0.25, 0.3) is 0 Å². The van der Waals surface area contributed by atoms with Crippen LogP contribution in [0.15, 0.2) is 0 Å². The van der Waals surface area contributed by atoms with Crippen molar-refractivity contribution in [3.8, 4) is 0 Å². The van der Waals surface area contributed by atoms with Crippen LogP contribution in [0.1, 0.15) is 85.5 Å². The first-order chi connectivity index (χ1) is 13.6. The highest BCUT2D eigenvalue weighted by atomic mass is 16.7. The molecule has 6 heteroatoms. The Labute approximate surface area is 171 Å². The van der Waals surface area contributed by atoms with Crippen LogP contribution < -0.4 is 0 Å². The fraction of sp³-hybridized carbons (Fsp3) is 0.955. The molecule has 0 amide bonds. The molecule has 1 saturated heterocycles. The number of carbonyl (C=O) groups excluding carboxylic acids is 1. The largest absolute Gasteiger partial charge is 0.433 e. The van der Waals surface area contributed by atoms with E-state index in [2.05, 4.69) is 20.8 Å². The number of esters is 1. The van der Waals surface area contributed by atoms with Crippen LogP contribution >= 0.6 is 0 Å². The minimum absolute atomic E-state index is 0.283. The summed E-state index contributed by atoms with van der Waals surface area (Å²) in [7, 11) is 0. The Balaban J connectivity index is 2.68. The minimum Gasteiger partial charge on any atom is -0.433 e. The second kappa shape index (κ2) is 16.1. The lowest BCUT2D eigenvalue weighted by Crippen LogP contribution is -2.40. The van der Waals surface area contributed by atoms with Crippen LogP contribution in [-0.2, 0) is 28.5 Å². The molecule has 0 saturated carbocycles. The molecule has 0 spiro atoms. The zero-order valence-electron chi connectivity index (χ0n) is 18.5. The second-order valence-electron chi connectivity index (χ2n) is 7.52. The van der Waals surface area contributed by atoms with Crippen molar-refractivity contribution in [1.29, 1.82) is 0 Å². The Hall–Kier alpha value is -0.690. The average molecular weight is 403 g/mol. The number of ether oxygens (including phenoxy) is 5. The zero-order chi connectivity index (χ0) is 20.6. The second-order valence-corrected chi connectivity index (χ2v) is 7.52. The van der Waals surface area contributed by atoms with Crippen LogP contribution in [0.4, 0.5) is 0 Å². The van der Waals surface area contributed by atoms with E-state index in [1.165, 1.54) is 6.92 Å². The summed E-state index contributed by atoms with van der Waals surface area (Å²) >= 11 is 0. The molecule has 1 rings (SSSR count). The number of hydrogen-bond acceptors (Lipinski definition) is 6. The zero-order valence-corrected chi connectivity index (χ0v) is 18.5. The van der Waals surface area contributed by atoms with E-state index < -0.39 is 12.4 Å². The molecule has 6 nitrogen and oxygen atoms in total. The van der Waals surface area contributed by atoms with E-state index in [-0.39, 0.29) is 18.2 Å². The lowest BCUT2D eigenvalue weighted by molar-refractivity contribution is -0.194. The van der Waals surface area contributed by atoms with Gasteiger partial charge >= 0.3 is 5.97 Å². The van der Waals surface area contributed by atoms with Crippen molar-refractivity contribution in [2.75, 3.05) is 26.4 Å². The van der Waals surface area contributed by atoms with Gasteiger partial charge in [0.1, 0.15) is 18.3 Å². The summed E-state index contributed by atoms with van der Waals surface area (Å²) < 4.78 is 29.4.